The normalized spacial score (nSPS) is 10.4. The summed E-state index contributed by atoms with van der Waals surface area (Å²) in [5, 5.41) is 5.26. The Labute approximate surface area is 135 Å². The SMILES string of the molecule is O=C(Nc1ccc(F)cc1F)c1cnc(NCc2ccco2)nc1. The number of nitrogens with one attached hydrogen (secondary N) is 2. The van der Waals surface area contributed by atoms with Crippen LogP contribution < -0.4 is 10.6 Å². The van der Waals surface area contributed by atoms with Crippen molar-refractivity contribution in [2.24, 2.45) is 0 Å². The van der Waals surface area contributed by atoms with Gasteiger partial charge in [-0.25, -0.2) is 18.7 Å². The molecule has 0 bridgehead atoms. The van der Waals surface area contributed by atoms with E-state index < -0.39 is 17.5 Å². The number of hydrogen-bond acceptors (Lipinski definition) is 5. The third kappa shape index (κ3) is 3.72. The van der Waals surface area contributed by atoms with Gasteiger partial charge in [0.2, 0.25) is 5.95 Å². The highest BCUT2D eigenvalue weighted by Gasteiger charge is 2.11. The highest BCUT2D eigenvalue weighted by molar-refractivity contribution is 6.03. The Morgan fingerprint density at radius 2 is 1.96 bits per heavy atom. The van der Waals surface area contributed by atoms with Gasteiger partial charge in [-0.1, -0.05) is 0 Å². The molecule has 0 unspecified atom stereocenters. The van der Waals surface area contributed by atoms with Gasteiger partial charge in [0.15, 0.2) is 0 Å². The summed E-state index contributed by atoms with van der Waals surface area (Å²) in [5.41, 5.74) is 0.0173. The van der Waals surface area contributed by atoms with Crippen molar-refractivity contribution in [2.75, 3.05) is 10.6 Å². The number of hydrogen-bond donors (Lipinski definition) is 2. The van der Waals surface area contributed by atoms with E-state index in [9.17, 15) is 13.6 Å². The van der Waals surface area contributed by atoms with Gasteiger partial charge in [0, 0.05) is 18.5 Å². The smallest absolute Gasteiger partial charge is 0.258 e. The van der Waals surface area contributed by atoms with Crippen LogP contribution in [-0.4, -0.2) is 15.9 Å². The van der Waals surface area contributed by atoms with Gasteiger partial charge in [-0.05, 0) is 24.3 Å². The zero-order valence-electron chi connectivity index (χ0n) is 12.3. The second-order valence-electron chi connectivity index (χ2n) is 4.81. The Morgan fingerprint density at radius 3 is 2.62 bits per heavy atom. The molecule has 3 rings (SSSR count). The first-order chi connectivity index (χ1) is 11.6. The number of benzene rings is 1. The quantitative estimate of drug-likeness (QED) is 0.751. The van der Waals surface area contributed by atoms with Gasteiger partial charge in [0.25, 0.3) is 5.91 Å². The maximum absolute atomic E-state index is 13.5. The molecule has 0 atom stereocenters. The van der Waals surface area contributed by atoms with Crippen molar-refractivity contribution in [1.82, 2.24) is 9.97 Å². The van der Waals surface area contributed by atoms with Crippen LogP contribution >= 0.6 is 0 Å². The molecule has 1 aromatic carbocycles. The minimum atomic E-state index is -0.860. The molecule has 0 saturated heterocycles. The van der Waals surface area contributed by atoms with Crippen LogP contribution in [-0.2, 0) is 6.54 Å². The Balaban J connectivity index is 1.63. The van der Waals surface area contributed by atoms with Crippen molar-refractivity contribution >= 4 is 17.5 Å². The van der Waals surface area contributed by atoms with Gasteiger partial charge < -0.3 is 15.1 Å². The molecular weight excluding hydrogens is 318 g/mol. The second-order valence-corrected chi connectivity index (χ2v) is 4.81. The lowest BCUT2D eigenvalue weighted by molar-refractivity contribution is 0.102. The Bertz CT molecular complexity index is 836. The van der Waals surface area contributed by atoms with E-state index >= 15 is 0 Å². The van der Waals surface area contributed by atoms with E-state index in [0.717, 1.165) is 12.1 Å². The van der Waals surface area contributed by atoms with Crippen molar-refractivity contribution in [2.45, 2.75) is 6.54 Å². The van der Waals surface area contributed by atoms with E-state index in [1.165, 1.54) is 12.4 Å². The fourth-order valence-corrected chi connectivity index (χ4v) is 1.90. The average molecular weight is 330 g/mol. The average Bonchev–Trinajstić information content (AvgIpc) is 3.09. The first-order valence-electron chi connectivity index (χ1n) is 6.96. The summed E-state index contributed by atoms with van der Waals surface area (Å²) in [7, 11) is 0. The van der Waals surface area contributed by atoms with Crippen LogP contribution in [0.1, 0.15) is 16.1 Å². The highest BCUT2D eigenvalue weighted by Crippen LogP contribution is 2.16. The lowest BCUT2D eigenvalue weighted by Crippen LogP contribution is -2.14. The molecule has 8 heteroatoms. The van der Waals surface area contributed by atoms with Crippen molar-refractivity contribution in [1.29, 1.82) is 0 Å². The summed E-state index contributed by atoms with van der Waals surface area (Å²) in [6.45, 7) is 0.402. The topological polar surface area (TPSA) is 80.0 Å². The monoisotopic (exact) mass is 330 g/mol. The zero-order chi connectivity index (χ0) is 16.9. The Hall–Kier alpha value is -3.29. The van der Waals surface area contributed by atoms with Gasteiger partial charge in [-0.3, -0.25) is 4.79 Å². The van der Waals surface area contributed by atoms with Crippen LogP contribution in [0, 0.1) is 11.6 Å². The molecule has 0 radical (unpaired) electrons. The van der Waals surface area contributed by atoms with Crippen LogP contribution in [0.5, 0.6) is 0 Å². The molecule has 0 spiro atoms. The highest BCUT2D eigenvalue weighted by atomic mass is 19.1. The van der Waals surface area contributed by atoms with Crippen LogP contribution in [0.25, 0.3) is 0 Å². The number of halogens is 2. The van der Waals surface area contributed by atoms with Crippen LogP contribution in [0.3, 0.4) is 0 Å². The minimum Gasteiger partial charge on any atom is -0.467 e. The number of furan rings is 1. The molecule has 2 aromatic heterocycles. The molecule has 0 saturated carbocycles. The largest absolute Gasteiger partial charge is 0.467 e. The molecule has 24 heavy (non-hydrogen) atoms. The number of anilines is 2. The number of amides is 1. The molecular formula is C16H12F2N4O2. The summed E-state index contributed by atoms with van der Waals surface area (Å²) in [5.74, 6) is -1.15. The predicted octanol–water partition coefficient (Wildman–Crippen LogP) is 3.21. The van der Waals surface area contributed by atoms with Crippen molar-refractivity contribution in [3.05, 3.63) is 71.9 Å². The van der Waals surface area contributed by atoms with Crippen LogP contribution in [0.15, 0.2) is 53.4 Å². The summed E-state index contributed by atoms with van der Waals surface area (Å²) < 4.78 is 31.5. The standard InChI is InChI=1S/C16H12F2N4O2/c17-11-3-4-14(13(18)6-11)22-15(23)10-7-19-16(20-8-10)21-9-12-2-1-5-24-12/h1-8H,9H2,(H,22,23)(H,19,20,21). The summed E-state index contributed by atoms with van der Waals surface area (Å²) in [6.07, 6.45) is 4.16. The zero-order valence-corrected chi connectivity index (χ0v) is 12.3. The van der Waals surface area contributed by atoms with E-state index in [-0.39, 0.29) is 11.3 Å². The van der Waals surface area contributed by atoms with E-state index in [1.54, 1.807) is 18.4 Å². The summed E-state index contributed by atoms with van der Waals surface area (Å²) in [6, 6.07) is 6.44. The number of rotatable bonds is 5. The summed E-state index contributed by atoms with van der Waals surface area (Å²) in [4.78, 5) is 20.0. The van der Waals surface area contributed by atoms with Crippen LogP contribution in [0.4, 0.5) is 20.4 Å². The van der Waals surface area contributed by atoms with Crippen molar-refractivity contribution in [3.8, 4) is 0 Å². The van der Waals surface area contributed by atoms with Gasteiger partial charge in [-0.2, -0.15) is 0 Å². The molecule has 2 N–H and O–H groups in total. The maximum Gasteiger partial charge on any atom is 0.258 e. The van der Waals surface area contributed by atoms with E-state index in [0.29, 0.717) is 24.3 Å². The lowest BCUT2D eigenvalue weighted by atomic mass is 10.2. The van der Waals surface area contributed by atoms with Crippen molar-refractivity contribution in [3.63, 3.8) is 0 Å². The van der Waals surface area contributed by atoms with E-state index in [4.69, 9.17) is 4.42 Å². The molecule has 6 nitrogen and oxygen atoms in total. The second kappa shape index (κ2) is 6.86. The van der Waals surface area contributed by atoms with Crippen LogP contribution in [0.2, 0.25) is 0 Å². The molecule has 3 aromatic rings. The number of aromatic nitrogens is 2. The van der Waals surface area contributed by atoms with Gasteiger partial charge in [0.1, 0.15) is 17.4 Å². The lowest BCUT2D eigenvalue weighted by Gasteiger charge is -2.07. The Morgan fingerprint density at radius 1 is 1.17 bits per heavy atom. The van der Waals surface area contributed by atoms with Gasteiger partial charge in [0.05, 0.1) is 24.1 Å². The predicted molar refractivity (Wildman–Crippen MR) is 82.4 cm³/mol. The number of carbonyl (C=O) groups excluding carboxylic acids is 1. The van der Waals surface area contributed by atoms with Gasteiger partial charge in [-0.15, -0.1) is 0 Å². The maximum atomic E-state index is 13.5. The molecule has 0 aliphatic heterocycles. The Kier molecular flexibility index (Phi) is 4.46. The molecule has 122 valence electrons. The summed E-state index contributed by atoms with van der Waals surface area (Å²) >= 11 is 0. The molecule has 1 amide bonds. The third-order valence-corrected chi connectivity index (χ3v) is 3.09. The van der Waals surface area contributed by atoms with Gasteiger partial charge >= 0.3 is 0 Å². The molecule has 0 fully saturated rings. The molecule has 0 aliphatic carbocycles. The fraction of sp³-hybridized carbons (Fsp3) is 0.0625. The first kappa shape index (κ1) is 15.6. The first-order valence-corrected chi connectivity index (χ1v) is 6.96. The van der Waals surface area contributed by atoms with E-state index in [2.05, 4.69) is 20.6 Å². The van der Waals surface area contributed by atoms with Crippen molar-refractivity contribution < 1.29 is 18.0 Å². The molecule has 2 heterocycles. The number of carbonyl (C=O) groups is 1. The minimum absolute atomic E-state index is 0.124. The molecule has 0 aliphatic rings. The third-order valence-electron chi connectivity index (χ3n) is 3.09. The number of nitrogens with zero attached hydrogens (tertiary/aromatic N) is 2. The fourth-order valence-electron chi connectivity index (χ4n) is 1.90. The van der Waals surface area contributed by atoms with E-state index in [1.807, 2.05) is 0 Å².